The Hall–Kier alpha value is -2.31. The Morgan fingerprint density at radius 3 is 2.52 bits per heavy atom. The van der Waals surface area contributed by atoms with E-state index < -0.39 is 11.9 Å². The third-order valence-electron chi connectivity index (χ3n) is 3.89. The van der Waals surface area contributed by atoms with E-state index in [2.05, 4.69) is 10.6 Å². The summed E-state index contributed by atoms with van der Waals surface area (Å²) in [5, 5.41) is 5.85. The monoisotopic (exact) mass is 404 g/mol. The van der Waals surface area contributed by atoms with E-state index in [-0.39, 0.29) is 11.7 Å². The van der Waals surface area contributed by atoms with Crippen LogP contribution in [0.3, 0.4) is 0 Å². The molecule has 0 spiro atoms. The SMILES string of the molecule is CSCC[C@@H](NC(=O)c1ccccc1Cl)C(=O)Nc1cccc(C(C)=O)c1. The van der Waals surface area contributed by atoms with Crippen molar-refractivity contribution < 1.29 is 14.4 Å². The van der Waals surface area contributed by atoms with Crippen LogP contribution in [0.2, 0.25) is 5.02 Å². The summed E-state index contributed by atoms with van der Waals surface area (Å²) in [6.45, 7) is 1.46. The molecule has 0 unspecified atom stereocenters. The van der Waals surface area contributed by atoms with Crippen LogP contribution in [0.1, 0.15) is 34.1 Å². The summed E-state index contributed by atoms with van der Waals surface area (Å²) in [6, 6.07) is 12.7. The fourth-order valence-corrected chi connectivity index (χ4v) is 3.12. The molecule has 0 radical (unpaired) electrons. The number of carbonyl (C=O) groups is 3. The molecule has 27 heavy (non-hydrogen) atoms. The number of amides is 2. The van der Waals surface area contributed by atoms with Crippen molar-refractivity contribution in [2.24, 2.45) is 0 Å². The minimum atomic E-state index is -0.720. The van der Waals surface area contributed by atoms with Gasteiger partial charge >= 0.3 is 0 Å². The Balaban J connectivity index is 2.13. The maximum absolute atomic E-state index is 12.7. The van der Waals surface area contributed by atoms with Crippen molar-refractivity contribution in [1.29, 1.82) is 0 Å². The summed E-state index contributed by atoms with van der Waals surface area (Å²) in [6.07, 6.45) is 2.40. The van der Waals surface area contributed by atoms with Crippen LogP contribution >= 0.6 is 23.4 Å². The van der Waals surface area contributed by atoms with Gasteiger partial charge in [-0.3, -0.25) is 14.4 Å². The van der Waals surface area contributed by atoms with Gasteiger partial charge in [-0.05, 0) is 49.6 Å². The lowest BCUT2D eigenvalue weighted by molar-refractivity contribution is -0.118. The average Bonchev–Trinajstić information content (AvgIpc) is 2.65. The van der Waals surface area contributed by atoms with Gasteiger partial charge in [0.25, 0.3) is 5.91 Å². The van der Waals surface area contributed by atoms with Crippen LogP contribution in [-0.2, 0) is 4.79 Å². The van der Waals surface area contributed by atoms with E-state index in [1.165, 1.54) is 6.92 Å². The van der Waals surface area contributed by atoms with Gasteiger partial charge in [0.05, 0.1) is 10.6 Å². The topological polar surface area (TPSA) is 75.3 Å². The quantitative estimate of drug-likeness (QED) is 0.651. The second-order valence-corrected chi connectivity index (χ2v) is 7.31. The van der Waals surface area contributed by atoms with Crippen molar-refractivity contribution in [3.63, 3.8) is 0 Å². The van der Waals surface area contributed by atoms with E-state index in [4.69, 9.17) is 11.6 Å². The maximum Gasteiger partial charge on any atom is 0.253 e. The predicted octanol–water partition coefficient (Wildman–Crippen LogP) is 4.03. The highest BCUT2D eigenvalue weighted by Gasteiger charge is 2.22. The van der Waals surface area contributed by atoms with Gasteiger partial charge in [-0.15, -0.1) is 0 Å². The fourth-order valence-electron chi connectivity index (χ4n) is 2.43. The first kappa shape index (κ1) is 21.0. The number of carbonyl (C=O) groups excluding carboxylic acids is 3. The normalized spacial score (nSPS) is 11.5. The van der Waals surface area contributed by atoms with Crippen LogP contribution < -0.4 is 10.6 Å². The van der Waals surface area contributed by atoms with E-state index >= 15 is 0 Å². The molecule has 5 nitrogen and oxygen atoms in total. The van der Waals surface area contributed by atoms with Crippen molar-refractivity contribution >= 4 is 46.6 Å². The van der Waals surface area contributed by atoms with E-state index in [0.717, 1.165) is 0 Å². The van der Waals surface area contributed by atoms with Gasteiger partial charge in [-0.1, -0.05) is 35.9 Å². The molecule has 0 bridgehead atoms. The molecule has 2 aromatic rings. The number of ketones is 1. The number of anilines is 1. The van der Waals surface area contributed by atoms with E-state index in [1.807, 2.05) is 6.26 Å². The summed E-state index contributed by atoms with van der Waals surface area (Å²) in [4.78, 5) is 36.7. The van der Waals surface area contributed by atoms with E-state index in [9.17, 15) is 14.4 Å². The minimum absolute atomic E-state index is 0.0861. The Bertz CT molecular complexity index is 841. The second-order valence-electron chi connectivity index (χ2n) is 5.91. The lowest BCUT2D eigenvalue weighted by atomic mass is 10.1. The van der Waals surface area contributed by atoms with Gasteiger partial charge in [-0.2, -0.15) is 11.8 Å². The van der Waals surface area contributed by atoms with Gasteiger partial charge in [0.1, 0.15) is 6.04 Å². The smallest absolute Gasteiger partial charge is 0.253 e. The van der Waals surface area contributed by atoms with Crippen LogP contribution in [0, 0.1) is 0 Å². The zero-order chi connectivity index (χ0) is 19.8. The Morgan fingerprint density at radius 2 is 1.85 bits per heavy atom. The maximum atomic E-state index is 12.7. The molecule has 2 aromatic carbocycles. The van der Waals surface area contributed by atoms with Crippen molar-refractivity contribution in [1.82, 2.24) is 5.32 Å². The highest BCUT2D eigenvalue weighted by molar-refractivity contribution is 7.98. The van der Waals surface area contributed by atoms with Gasteiger partial charge in [0.15, 0.2) is 5.78 Å². The third kappa shape index (κ3) is 6.12. The molecule has 2 N–H and O–H groups in total. The molecule has 0 saturated heterocycles. The first-order valence-corrected chi connectivity index (χ1v) is 10.2. The molecule has 0 aliphatic heterocycles. The highest BCUT2D eigenvalue weighted by atomic mass is 35.5. The number of halogens is 1. The van der Waals surface area contributed by atoms with E-state index in [0.29, 0.717) is 34.0 Å². The molecular formula is C20H21ClN2O3S. The summed E-state index contributed by atoms with van der Waals surface area (Å²) in [7, 11) is 0. The second kappa shape index (κ2) is 10.1. The highest BCUT2D eigenvalue weighted by Crippen LogP contribution is 2.16. The number of benzene rings is 2. The average molecular weight is 405 g/mol. The summed E-state index contributed by atoms with van der Waals surface area (Å²) < 4.78 is 0. The number of rotatable bonds is 8. The number of hydrogen-bond donors (Lipinski definition) is 2. The van der Waals surface area contributed by atoms with Crippen LogP contribution in [0.4, 0.5) is 5.69 Å². The number of hydrogen-bond acceptors (Lipinski definition) is 4. The number of nitrogens with one attached hydrogen (secondary N) is 2. The zero-order valence-electron chi connectivity index (χ0n) is 15.1. The number of thioether (sulfide) groups is 1. The van der Waals surface area contributed by atoms with Crippen molar-refractivity contribution in [2.45, 2.75) is 19.4 Å². The largest absolute Gasteiger partial charge is 0.340 e. The lowest BCUT2D eigenvalue weighted by Gasteiger charge is -2.19. The summed E-state index contributed by atoms with van der Waals surface area (Å²) in [5.41, 5.74) is 1.34. The predicted molar refractivity (Wildman–Crippen MR) is 111 cm³/mol. The molecule has 0 aromatic heterocycles. The fraction of sp³-hybridized carbons (Fsp3) is 0.250. The molecule has 0 aliphatic carbocycles. The van der Waals surface area contributed by atoms with Crippen LogP contribution in [-0.4, -0.2) is 35.6 Å². The molecule has 2 rings (SSSR count). The zero-order valence-corrected chi connectivity index (χ0v) is 16.7. The minimum Gasteiger partial charge on any atom is -0.340 e. The van der Waals surface area contributed by atoms with Crippen LogP contribution in [0.25, 0.3) is 0 Å². The first-order valence-electron chi connectivity index (χ1n) is 8.38. The molecule has 2 amide bonds. The van der Waals surface area contributed by atoms with E-state index in [1.54, 1.807) is 60.3 Å². The lowest BCUT2D eigenvalue weighted by Crippen LogP contribution is -2.44. The van der Waals surface area contributed by atoms with Crippen molar-refractivity contribution in [2.75, 3.05) is 17.3 Å². The third-order valence-corrected chi connectivity index (χ3v) is 4.86. The molecule has 0 heterocycles. The molecule has 0 saturated carbocycles. The Kier molecular flexibility index (Phi) is 7.88. The molecule has 1 atom stereocenters. The van der Waals surface area contributed by atoms with Gasteiger partial charge < -0.3 is 10.6 Å². The molecule has 0 fully saturated rings. The first-order chi connectivity index (χ1) is 12.9. The molecule has 7 heteroatoms. The van der Waals surface area contributed by atoms with Crippen LogP contribution in [0.5, 0.6) is 0 Å². The van der Waals surface area contributed by atoms with Crippen LogP contribution in [0.15, 0.2) is 48.5 Å². The van der Waals surface area contributed by atoms with Gasteiger partial charge in [-0.25, -0.2) is 0 Å². The Morgan fingerprint density at radius 1 is 1.11 bits per heavy atom. The summed E-state index contributed by atoms with van der Waals surface area (Å²) in [5.74, 6) is -0.129. The van der Waals surface area contributed by atoms with Crippen molar-refractivity contribution in [3.05, 3.63) is 64.7 Å². The summed E-state index contributed by atoms with van der Waals surface area (Å²) >= 11 is 7.65. The molecule has 142 valence electrons. The van der Waals surface area contributed by atoms with Crippen molar-refractivity contribution in [3.8, 4) is 0 Å². The van der Waals surface area contributed by atoms with Gasteiger partial charge in [0.2, 0.25) is 5.91 Å². The molecular weight excluding hydrogens is 384 g/mol. The number of Topliss-reactive ketones (excluding diaryl/α,β-unsaturated/α-hetero) is 1. The Labute approximate surface area is 167 Å². The standard InChI is InChI=1S/C20H21ClN2O3S/c1-13(24)14-6-5-7-15(12-14)22-20(26)18(10-11-27-2)23-19(25)16-8-3-4-9-17(16)21/h3-9,12,18H,10-11H2,1-2H3,(H,22,26)(H,23,25)/t18-/m1/s1. The van der Waals surface area contributed by atoms with Gasteiger partial charge in [0, 0.05) is 11.3 Å². The molecule has 0 aliphatic rings.